The van der Waals surface area contributed by atoms with Gasteiger partial charge in [0.1, 0.15) is 17.9 Å². The smallest absolute Gasteiger partial charge is 0.329 e. The predicted octanol–water partition coefficient (Wildman–Crippen LogP) is -0.974. The lowest BCUT2D eigenvalue weighted by atomic mass is 9.99. The Bertz CT molecular complexity index is 654. The maximum absolute atomic E-state index is 12.5. The SMILES string of the molecule is CCCn1c(N)c(C(=O)C[NH+]2CCC(C)CC2)c(=O)[nH]c1=O. The van der Waals surface area contributed by atoms with Gasteiger partial charge in [0, 0.05) is 6.54 Å². The fraction of sp³-hybridized carbons (Fsp3) is 0.667. The molecule has 0 saturated carbocycles. The number of ketones is 1. The summed E-state index contributed by atoms with van der Waals surface area (Å²) in [5, 5.41) is 0. The number of aromatic amines is 1. The van der Waals surface area contributed by atoms with Crippen molar-refractivity contribution in [3.05, 3.63) is 26.4 Å². The zero-order chi connectivity index (χ0) is 16.3. The molecule has 7 heteroatoms. The molecule has 2 rings (SSSR count). The Kier molecular flexibility index (Phi) is 5.18. The van der Waals surface area contributed by atoms with Crippen molar-refractivity contribution in [2.45, 2.75) is 39.7 Å². The number of nitrogens with two attached hydrogens (primary N) is 1. The Hall–Kier alpha value is -1.89. The highest BCUT2D eigenvalue weighted by Gasteiger charge is 2.26. The summed E-state index contributed by atoms with van der Waals surface area (Å²) in [5.74, 6) is 0.400. The number of piperidine rings is 1. The molecule has 0 aromatic carbocycles. The number of rotatable bonds is 5. The molecular weight excluding hydrogens is 284 g/mol. The van der Waals surface area contributed by atoms with Gasteiger partial charge in [0.2, 0.25) is 5.78 Å². The molecule has 122 valence electrons. The zero-order valence-electron chi connectivity index (χ0n) is 13.3. The number of likely N-dealkylation sites (tertiary alicyclic amines) is 1. The predicted molar refractivity (Wildman–Crippen MR) is 84.3 cm³/mol. The van der Waals surface area contributed by atoms with Crippen molar-refractivity contribution in [2.75, 3.05) is 25.4 Å². The molecule has 1 saturated heterocycles. The number of Topliss-reactive ketones (excluding diaryl/α,β-unsaturated/α-hetero) is 1. The Morgan fingerprint density at radius 2 is 2.00 bits per heavy atom. The molecule has 4 N–H and O–H groups in total. The van der Waals surface area contributed by atoms with E-state index in [1.165, 1.54) is 9.47 Å². The number of nitrogens with zero attached hydrogens (tertiary/aromatic N) is 1. The van der Waals surface area contributed by atoms with Gasteiger partial charge in [0.25, 0.3) is 5.56 Å². The van der Waals surface area contributed by atoms with Crippen LogP contribution in [0.5, 0.6) is 0 Å². The molecule has 7 nitrogen and oxygen atoms in total. The number of quaternary nitrogens is 1. The van der Waals surface area contributed by atoms with E-state index < -0.39 is 11.2 Å². The van der Waals surface area contributed by atoms with Crippen molar-refractivity contribution in [2.24, 2.45) is 5.92 Å². The van der Waals surface area contributed by atoms with Gasteiger partial charge < -0.3 is 10.6 Å². The van der Waals surface area contributed by atoms with Gasteiger partial charge in [-0.15, -0.1) is 0 Å². The molecule has 1 fully saturated rings. The van der Waals surface area contributed by atoms with E-state index >= 15 is 0 Å². The van der Waals surface area contributed by atoms with E-state index in [9.17, 15) is 14.4 Å². The fourth-order valence-corrected chi connectivity index (χ4v) is 2.97. The number of carbonyl (C=O) groups is 1. The third kappa shape index (κ3) is 3.47. The number of aromatic nitrogens is 2. The summed E-state index contributed by atoms with van der Waals surface area (Å²) in [7, 11) is 0. The van der Waals surface area contributed by atoms with Crippen LogP contribution in [0.2, 0.25) is 0 Å². The Balaban J connectivity index is 2.24. The van der Waals surface area contributed by atoms with Gasteiger partial charge in [-0.2, -0.15) is 0 Å². The Labute approximate surface area is 129 Å². The first kappa shape index (κ1) is 16.5. The van der Waals surface area contributed by atoms with E-state index in [0.29, 0.717) is 18.9 Å². The lowest BCUT2D eigenvalue weighted by Gasteiger charge is -2.26. The fourth-order valence-electron chi connectivity index (χ4n) is 2.97. The first-order valence-electron chi connectivity index (χ1n) is 7.93. The maximum Gasteiger partial charge on any atom is 0.329 e. The molecular formula is C15H25N4O3+. The average Bonchev–Trinajstić information content (AvgIpc) is 2.45. The highest BCUT2D eigenvalue weighted by molar-refractivity contribution is 6.00. The lowest BCUT2D eigenvalue weighted by Crippen LogP contribution is -3.13. The van der Waals surface area contributed by atoms with Gasteiger partial charge in [-0.1, -0.05) is 13.8 Å². The second-order valence-corrected chi connectivity index (χ2v) is 6.20. The zero-order valence-corrected chi connectivity index (χ0v) is 13.3. The summed E-state index contributed by atoms with van der Waals surface area (Å²) in [6, 6.07) is 0. The van der Waals surface area contributed by atoms with Crippen LogP contribution >= 0.6 is 0 Å². The second kappa shape index (κ2) is 6.91. The van der Waals surface area contributed by atoms with Crippen LogP contribution in [0, 0.1) is 5.92 Å². The first-order chi connectivity index (χ1) is 10.4. The van der Waals surface area contributed by atoms with Crippen LogP contribution in [0.4, 0.5) is 5.82 Å². The van der Waals surface area contributed by atoms with E-state index in [2.05, 4.69) is 11.9 Å². The summed E-state index contributed by atoms with van der Waals surface area (Å²) in [6.45, 7) is 6.61. The van der Waals surface area contributed by atoms with E-state index in [1.54, 1.807) is 0 Å². The minimum atomic E-state index is -0.676. The molecule has 0 bridgehead atoms. The average molecular weight is 309 g/mol. The normalized spacial score (nSPS) is 21.7. The van der Waals surface area contributed by atoms with E-state index in [1.807, 2.05) is 6.92 Å². The van der Waals surface area contributed by atoms with Crippen molar-refractivity contribution < 1.29 is 9.69 Å². The minimum Gasteiger partial charge on any atom is -0.384 e. The molecule has 0 atom stereocenters. The second-order valence-electron chi connectivity index (χ2n) is 6.20. The molecule has 0 unspecified atom stereocenters. The molecule has 0 amide bonds. The molecule has 22 heavy (non-hydrogen) atoms. The summed E-state index contributed by atoms with van der Waals surface area (Å²) < 4.78 is 1.27. The van der Waals surface area contributed by atoms with Gasteiger partial charge in [-0.25, -0.2) is 4.79 Å². The van der Waals surface area contributed by atoms with Gasteiger partial charge in [-0.3, -0.25) is 19.1 Å². The van der Waals surface area contributed by atoms with Crippen LogP contribution in [0.1, 0.15) is 43.5 Å². The molecule has 0 aliphatic carbocycles. The number of carbonyl (C=O) groups excluding carboxylic acids is 1. The highest BCUT2D eigenvalue weighted by Crippen LogP contribution is 2.08. The van der Waals surface area contributed by atoms with Gasteiger partial charge in [0.05, 0.1) is 13.1 Å². The summed E-state index contributed by atoms with van der Waals surface area (Å²) >= 11 is 0. The molecule has 0 spiro atoms. The summed E-state index contributed by atoms with van der Waals surface area (Å²) in [6.07, 6.45) is 2.87. The van der Waals surface area contributed by atoms with E-state index in [4.69, 9.17) is 5.73 Å². The number of anilines is 1. The standard InChI is InChI=1S/C15H24N4O3/c1-3-6-19-13(16)12(14(21)17-15(19)22)11(20)9-18-7-4-10(2)5-8-18/h10H,3-9,16H2,1-2H3,(H,17,21,22)/p+1. The topological polar surface area (TPSA) is 102 Å². The van der Waals surface area contributed by atoms with Crippen LogP contribution in [0.15, 0.2) is 9.59 Å². The van der Waals surface area contributed by atoms with Crippen molar-refractivity contribution in [3.63, 3.8) is 0 Å². The monoisotopic (exact) mass is 309 g/mol. The minimum absolute atomic E-state index is 0.00891. The molecule has 1 aromatic heterocycles. The van der Waals surface area contributed by atoms with Crippen LogP contribution < -0.4 is 21.9 Å². The van der Waals surface area contributed by atoms with Crippen molar-refractivity contribution >= 4 is 11.6 Å². The first-order valence-corrected chi connectivity index (χ1v) is 7.93. The Morgan fingerprint density at radius 1 is 1.36 bits per heavy atom. The van der Waals surface area contributed by atoms with E-state index in [-0.39, 0.29) is 23.7 Å². The van der Waals surface area contributed by atoms with Gasteiger partial charge in [-0.05, 0) is 25.2 Å². The van der Waals surface area contributed by atoms with E-state index in [0.717, 1.165) is 25.9 Å². The highest BCUT2D eigenvalue weighted by atomic mass is 16.2. The number of hydrogen-bond acceptors (Lipinski definition) is 4. The van der Waals surface area contributed by atoms with Crippen molar-refractivity contribution in [1.29, 1.82) is 0 Å². The van der Waals surface area contributed by atoms with Crippen LogP contribution in [0.25, 0.3) is 0 Å². The largest absolute Gasteiger partial charge is 0.384 e. The molecule has 0 radical (unpaired) electrons. The third-order valence-corrected chi connectivity index (χ3v) is 4.36. The molecule has 1 aromatic rings. The summed E-state index contributed by atoms with van der Waals surface area (Å²) in [5.41, 5.74) is 4.61. The number of H-pyrrole nitrogens is 1. The van der Waals surface area contributed by atoms with Crippen LogP contribution in [-0.4, -0.2) is 35.0 Å². The third-order valence-electron chi connectivity index (χ3n) is 4.36. The number of nitrogens with one attached hydrogen (secondary N) is 2. The number of nitrogen functional groups attached to an aromatic ring is 1. The lowest BCUT2D eigenvalue weighted by molar-refractivity contribution is -0.897. The summed E-state index contributed by atoms with van der Waals surface area (Å²) in [4.78, 5) is 39.6. The van der Waals surface area contributed by atoms with Crippen LogP contribution in [0.3, 0.4) is 0 Å². The molecule has 1 aliphatic rings. The number of hydrogen-bond donors (Lipinski definition) is 3. The molecule has 1 aliphatic heterocycles. The van der Waals surface area contributed by atoms with Crippen molar-refractivity contribution in [1.82, 2.24) is 9.55 Å². The Morgan fingerprint density at radius 3 is 2.59 bits per heavy atom. The maximum atomic E-state index is 12.5. The van der Waals surface area contributed by atoms with Gasteiger partial charge in [0.15, 0.2) is 0 Å². The van der Waals surface area contributed by atoms with Gasteiger partial charge >= 0.3 is 5.69 Å². The van der Waals surface area contributed by atoms with Crippen LogP contribution in [-0.2, 0) is 6.54 Å². The van der Waals surface area contributed by atoms with Crippen molar-refractivity contribution in [3.8, 4) is 0 Å². The quantitative estimate of drug-likeness (QED) is 0.609. The molecule has 2 heterocycles.